The first kappa shape index (κ1) is 9.62. The number of fused-ring (bicyclic) bond motifs is 1. The summed E-state index contributed by atoms with van der Waals surface area (Å²) >= 11 is 6.52. The molecule has 0 fully saturated rings. The number of aromatic nitrogens is 3. The molecule has 16 heavy (non-hydrogen) atoms. The van der Waals surface area contributed by atoms with Crippen LogP contribution >= 0.6 is 23.6 Å². The average molecular weight is 245 g/mol. The van der Waals surface area contributed by atoms with Crippen LogP contribution < -0.4 is 0 Å². The lowest BCUT2D eigenvalue weighted by Crippen LogP contribution is -1.82. The van der Waals surface area contributed by atoms with Gasteiger partial charge in [-0.05, 0) is 24.4 Å². The molecule has 0 atom stereocenters. The van der Waals surface area contributed by atoms with E-state index in [1.807, 2.05) is 30.3 Å². The van der Waals surface area contributed by atoms with Crippen LogP contribution in [0, 0.1) is 3.95 Å². The summed E-state index contributed by atoms with van der Waals surface area (Å²) in [6.45, 7) is 0. The van der Waals surface area contributed by atoms with E-state index >= 15 is 0 Å². The number of nitrogens with zero attached hydrogens (tertiary/aromatic N) is 2. The van der Waals surface area contributed by atoms with Crippen LogP contribution in [0.2, 0.25) is 0 Å². The van der Waals surface area contributed by atoms with Crippen LogP contribution in [-0.2, 0) is 0 Å². The zero-order valence-corrected chi connectivity index (χ0v) is 9.81. The van der Waals surface area contributed by atoms with Crippen LogP contribution in [0.4, 0.5) is 0 Å². The maximum atomic E-state index is 5.04. The number of hydrogen-bond donors (Lipinski definition) is 1. The smallest absolute Gasteiger partial charge is 0.176 e. The lowest BCUT2D eigenvalue weighted by atomic mass is 10.1. The number of H-pyrrole nitrogens is 1. The fourth-order valence-corrected chi connectivity index (χ4v) is 2.56. The van der Waals surface area contributed by atoms with Crippen molar-refractivity contribution in [3.8, 4) is 10.6 Å². The van der Waals surface area contributed by atoms with Gasteiger partial charge >= 0.3 is 0 Å². The molecule has 0 aliphatic rings. The van der Waals surface area contributed by atoms with E-state index in [2.05, 4.69) is 15.2 Å². The molecule has 0 aliphatic carbocycles. The van der Waals surface area contributed by atoms with Gasteiger partial charge in [-0.1, -0.05) is 29.5 Å². The Labute approximate surface area is 101 Å². The Morgan fingerprint density at radius 2 is 2.12 bits per heavy atom. The number of aromatic amines is 1. The number of hydrogen-bond acceptors (Lipinski definition) is 4. The summed E-state index contributed by atoms with van der Waals surface area (Å²) in [5.74, 6) is 0. The molecule has 0 unspecified atom stereocenters. The third-order valence-corrected chi connectivity index (χ3v) is 3.44. The molecule has 0 radical (unpaired) electrons. The van der Waals surface area contributed by atoms with E-state index in [0.29, 0.717) is 3.95 Å². The van der Waals surface area contributed by atoms with Crippen molar-refractivity contribution in [2.75, 3.05) is 0 Å². The molecule has 0 amide bonds. The largest absolute Gasteiger partial charge is 0.258 e. The Balaban J connectivity index is 2.35. The van der Waals surface area contributed by atoms with Crippen LogP contribution in [0.3, 0.4) is 0 Å². The molecule has 0 saturated carbocycles. The maximum absolute atomic E-state index is 5.04. The van der Waals surface area contributed by atoms with Gasteiger partial charge in [0.1, 0.15) is 5.01 Å². The summed E-state index contributed by atoms with van der Waals surface area (Å²) in [5.41, 5.74) is 2.05. The monoisotopic (exact) mass is 245 g/mol. The number of rotatable bonds is 1. The predicted molar refractivity (Wildman–Crippen MR) is 68.0 cm³/mol. The zero-order valence-electron chi connectivity index (χ0n) is 8.18. The number of benzene rings is 1. The summed E-state index contributed by atoms with van der Waals surface area (Å²) in [7, 11) is 0. The molecular formula is C11H7N3S2. The Morgan fingerprint density at radius 3 is 2.94 bits per heavy atom. The number of nitrogens with one attached hydrogen (secondary N) is 1. The zero-order chi connectivity index (χ0) is 11.0. The summed E-state index contributed by atoms with van der Waals surface area (Å²) in [5, 5.41) is 9.00. The van der Waals surface area contributed by atoms with Gasteiger partial charge in [0.15, 0.2) is 3.95 Å². The summed E-state index contributed by atoms with van der Waals surface area (Å²) in [6.07, 6.45) is 1.79. The van der Waals surface area contributed by atoms with Crippen LogP contribution in [0.15, 0.2) is 36.5 Å². The summed E-state index contributed by atoms with van der Waals surface area (Å²) in [4.78, 5) is 4.31. The quantitative estimate of drug-likeness (QED) is 0.668. The van der Waals surface area contributed by atoms with Gasteiger partial charge in [0.05, 0.1) is 5.52 Å². The molecule has 3 nitrogen and oxygen atoms in total. The lowest BCUT2D eigenvalue weighted by molar-refractivity contribution is 1.08. The summed E-state index contributed by atoms with van der Waals surface area (Å²) in [6, 6.07) is 9.98. The normalized spacial score (nSPS) is 10.8. The second-order valence-corrected chi connectivity index (χ2v) is 4.96. The molecule has 0 aliphatic heterocycles. The Hall–Kier alpha value is -1.59. The van der Waals surface area contributed by atoms with E-state index in [0.717, 1.165) is 21.5 Å². The van der Waals surface area contributed by atoms with Crippen LogP contribution in [-0.4, -0.2) is 15.2 Å². The fraction of sp³-hybridized carbons (Fsp3) is 0. The molecule has 3 rings (SSSR count). The van der Waals surface area contributed by atoms with Crippen molar-refractivity contribution in [2.45, 2.75) is 0 Å². The molecule has 0 spiro atoms. The van der Waals surface area contributed by atoms with Crippen LogP contribution in [0.25, 0.3) is 21.5 Å². The van der Waals surface area contributed by atoms with Gasteiger partial charge < -0.3 is 0 Å². The van der Waals surface area contributed by atoms with Gasteiger partial charge in [0.2, 0.25) is 0 Å². The van der Waals surface area contributed by atoms with Crippen molar-refractivity contribution in [2.24, 2.45) is 0 Å². The van der Waals surface area contributed by atoms with Gasteiger partial charge in [-0.2, -0.15) is 5.10 Å². The maximum Gasteiger partial charge on any atom is 0.176 e. The van der Waals surface area contributed by atoms with E-state index in [4.69, 9.17) is 12.2 Å². The Kier molecular flexibility index (Phi) is 2.27. The predicted octanol–water partition coefficient (Wildman–Crippen LogP) is 3.42. The molecule has 78 valence electrons. The van der Waals surface area contributed by atoms with Crippen LogP contribution in [0.5, 0.6) is 0 Å². The third-order valence-electron chi connectivity index (χ3n) is 2.31. The fourth-order valence-electron chi connectivity index (χ4n) is 1.63. The van der Waals surface area contributed by atoms with E-state index in [-0.39, 0.29) is 0 Å². The first-order valence-electron chi connectivity index (χ1n) is 4.74. The Bertz CT molecular complexity index is 694. The van der Waals surface area contributed by atoms with Gasteiger partial charge in [0, 0.05) is 17.1 Å². The molecule has 2 heterocycles. The minimum atomic E-state index is 0.691. The SMILES string of the molecule is S=c1[nH]nc(-c2cccc3ncccc23)s1. The van der Waals surface area contributed by atoms with Crippen molar-refractivity contribution < 1.29 is 0 Å². The third kappa shape index (κ3) is 1.54. The number of pyridine rings is 1. The molecule has 1 N–H and O–H groups in total. The molecule has 1 aromatic carbocycles. The van der Waals surface area contributed by atoms with Gasteiger partial charge in [-0.25, -0.2) is 0 Å². The molecule has 5 heteroatoms. The van der Waals surface area contributed by atoms with Gasteiger partial charge in [-0.3, -0.25) is 10.1 Å². The minimum Gasteiger partial charge on any atom is -0.258 e. The van der Waals surface area contributed by atoms with E-state index in [1.165, 1.54) is 11.3 Å². The van der Waals surface area contributed by atoms with E-state index < -0.39 is 0 Å². The van der Waals surface area contributed by atoms with E-state index in [1.54, 1.807) is 6.20 Å². The standard InChI is InChI=1S/C11H7N3S2/c15-11-14-13-10(16-11)8-3-1-5-9-7(8)4-2-6-12-9/h1-6H,(H,14,15). The van der Waals surface area contributed by atoms with Gasteiger partial charge in [-0.15, -0.1) is 0 Å². The van der Waals surface area contributed by atoms with Crippen LogP contribution in [0.1, 0.15) is 0 Å². The molecule has 3 aromatic rings. The van der Waals surface area contributed by atoms with Crippen molar-refractivity contribution >= 4 is 34.5 Å². The highest BCUT2D eigenvalue weighted by atomic mass is 32.1. The first-order valence-corrected chi connectivity index (χ1v) is 5.97. The first-order chi connectivity index (χ1) is 7.84. The average Bonchev–Trinajstić information content (AvgIpc) is 2.75. The minimum absolute atomic E-state index is 0.691. The van der Waals surface area contributed by atoms with Crippen molar-refractivity contribution in [1.82, 2.24) is 15.2 Å². The van der Waals surface area contributed by atoms with Crippen molar-refractivity contribution in [1.29, 1.82) is 0 Å². The molecule has 2 aromatic heterocycles. The summed E-state index contributed by atoms with van der Waals surface area (Å²) < 4.78 is 0.691. The van der Waals surface area contributed by atoms with E-state index in [9.17, 15) is 0 Å². The highest BCUT2D eigenvalue weighted by Gasteiger charge is 2.06. The second-order valence-electron chi connectivity index (χ2n) is 3.29. The topological polar surface area (TPSA) is 41.6 Å². The molecular weight excluding hydrogens is 238 g/mol. The molecule has 0 bridgehead atoms. The highest BCUT2D eigenvalue weighted by Crippen LogP contribution is 2.28. The van der Waals surface area contributed by atoms with Crippen molar-refractivity contribution in [3.63, 3.8) is 0 Å². The van der Waals surface area contributed by atoms with Gasteiger partial charge in [0.25, 0.3) is 0 Å². The molecule has 0 saturated heterocycles. The van der Waals surface area contributed by atoms with Crippen molar-refractivity contribution in [3.05, 3.63) is 40.5 Å². The highest BCUT2D eigenvalue weighted by molar-refractivity contribution is 7.73. The second kappa shape index (κ2) is 3.77. The lowest BCUT2D eigenvalue weighted by Gasteiger charge is -2.01. The Morgan fingerprint density at radius 1 is 1.19 bits per heavy atom.